The minimum atomic E-state index is 0.369. The third-order valence-corrected chi connectivity index (χ3v) is 2.88. The van der Waals surface area contributed by atoms with Gasteiger partial charge in [0.15, 0.2) is 5.82 Å². The molecule has 5 nitrogen and oxygen atoms in total. The zero-order chi connectivity index (χ0) is 14.9. The number of nitrogens with one attached hydrogen (secondary N) is 1. The summed E-state index contributed by atoms with van der Waals surface area (Å²) in [6.07, 6.45) is 0.939. The number of nitrogens with zero attached hydrogens (tertiary/aromatic N) is 2. The average molecular weight is 287 g/mol. The highest BCUT2D eigenvalue weighted by molar-refractivity contribution is 5.38. The van der Waals surface area contributed by atoms with Gasteiger partial charge >= 0.3 is 0 Å². The fourth-order valence-electron chi connectivity index (χ4n) is 1.96. The quantitative estimate of drug-likeness (QED) is 0.809. The summed E-state index contributed by atoms with van der Waals surface area (Å²) in [6.45, 7) is 3.68. The number of methoxy groups -OCH3 is 1. The molecule has 112 valence electrons. The third-order valence-electron chi connectivity index (χ3n) is 2.88. The highest BCUT2D eigenvalue weighted by atomic mass is 16.5. The van der Waals surface area contributed by atoms with Crippen LogP contribution in [0.15, 0.2) is 36.4 Å². The van der Waals surface area contributed by atoms with Gasteiger partial charge in [0.25, 0.3) is 0 Å². The van der Waals surface area contributed by atoms with Crippen LogP contribution in [0.4, 0.5) is 5.82 Å². The largest absolute Gasteiger partial charge is 0.478 e. The number of ether oxygens (including phenoxy) is 2. The van der Waals surface area contributed by atoms with E-state index in [0.29, 0.717) is 24.9 Å². The lowest BCUT2D eigenvalue weighted by molar-refractivity contribution is 0.176. The standard InChI is InChI=1S/C16H21N3O2/c1-3-21-16-11-14(18-15(19-16)12-20-2)17-10-9-13-7-5-4-6-8-13/h4-8,11H,3,9-10,12H2,1-2H3,(H,17,18,19). The van der Waals surface area contributed by atoms with Crippen molar-refractivity contribution in [1.82, 2.24) is 9.97 Å². The molecule has 2 rings (SSSR count). The van der Waals surface area contributed by atoms with E-state index in [1.165, 1.54) is 5.56 Å². The summed E-state index contributed by atoms with van der Waals surface area (Å²) in [5.41, 5.74) is 1.29. The third kappa shape index (κ3) is 5.04. The second-order valence-corrected chi connectivity index (χ2v) is 4.54. The number of anilines is 1. The molecule has 0 fully saturated rings. The molecule has 1 aromatic carbocycles. The Kier molecular flexibility index (Phi) is 5.97. The summed E-state index contributed by atoms with van der Waals surface area (Å²) in [6, 6.07) is 12.2. The first-order valence-electron chi connectivity index (χ1n) is 7.09. The van der Waals surface area contributed by atoms with Crippen LogP contribution in [0.5, 0.6) is 5.88 Å². The first-order chi connectivity index (χ1) is 10.3. The highest BCUT2D eigenvalue weighted by Crippen LogP contribution is 2.14. The SMILES string of the molecule is CCOc1cc(NCCc2ccccc2)nc(COC)n1. The van der Waals surface area contributed by atoms with E-state index in [1.54, 1.807) is 7.11 Å². The molecule has 0 aliphatic carbocycles. The van der Waals surface area contributed by atoms with Crippen LogP contribution in [-0.2, 0) is 17.8 Å². The first kappa shape index (κ1) is 15.3. The summed E-state index contributed by atoms with van der Waals surface area (Å²) < 4.78 is 10.5. The van der Waals surface area contributed by atoms with Crippen LogP contribution in [0.2, 0.25) is 0 Å². The first-order valence-corrected chi connectivity index (χ1v) is 7.09. The molecule has 0 saturated carbocycles. The lowest BCUT2D eigenvalue weighted by Gasteiger charge is -2.10. The van der Waals surface area contributed by atoms with Gasteiger partial charge in [0.05, 0.1) is 6.61 Å². The smallest absolute Gasteiger partial charge is 0.218 e. The van der Waals surface area contributed by atoms with Gasteiger partial charge in [-0.05, 0) is 18.9 Å². The van der Waals surface area contributed by atoms with E-state index in [4.69, 9.17) is 9.47 Å². The molecule has 1 N–H and O–H groups in total. The van der Waals surface area contributed by atoms with E-state index in [1.807, 2.05) is 31.2 Å². The molecule has 21 heavy (non-hydrogen) atoms. The molecule has 0 amide bonds. The molecule has 0 aliphatic heterocycles. The van der Waals surface area contributed by atoms with Crippen LogP contribution in [0.1, 0.15) is 18.3 Å². The number of rotatable bonds is 8. The predicted octanol–water partition coefficient (Wildman–Crippen LogP) is 2.68. The Morgan fingerprint density at radius 1 is 1.14 bits per heavy atom. The van der Waals surface area contributed by atoms with E-state index in [0.717, 1.165) is 18.8 Å². The summed E-state index contributed by atoms with van der Waals surface area (Å²) in [4.78, 5) is 8.69. The zero-order valence-electron chi connectivity index (χ0n) is 12.5. The molecule has 1 heterocycles. The summed E-state index contributed by atoms with van der Waals surface area (Å²) >= 11 is 0. The van der Waals surface area contributed by atoms with Gasteiger partial charge in [-0.25, -0.2) is 4.98 Å². The molecule has 0 saturated heterocycles. The predicted molar refractivity (Wildman–Crippen MR) is 82.5 cm³/mol. The van der Waals surface area contributed by atoms with Crippen LogP contribution in [0, 0.1) is 0 Å². The Balaban J connectivity index is 1.97. The van der Waals surface area contributed by atoms with Gasteiger partial charge in [-0.2, -0.15) is 4.98 Å². The van der Waals surface area contributed by atoms with Crippen molar-refractivity contribution in [3.05, 3.63) is 47.8 Å². The normalized spacial score (nSPS) is 10.4. The topological polar surface area (TPSA) is 56.3 Å². The monoisotopic (exact) mass is 287 g/mol. The van der Waals surface area contributed by atoms with Crippen molar-refractivity contribution < 1.29 is 9.47 Å². The second-order valence-electron chi connectivity index (χ2n) is 4.54. The van der Waals surface area contributed by atoms with E-state index >= 15 is 0 Å². The number of hydrogen-bond acceptors (Lipinski definition) is 5. The Hall–Kier alpha value is -2.14. The zero-order valence-corrected chi connectivity index (χ0v) is 12.5. The van der Waals surface area contributed by atoms with Crippen molar-refractivity contribution in [3.63, 3.8) is 0 Å². The minimum Gasteiger partial charge on any atom is -0.478 e. The average Bonchev–Trinajstić information content (AvgIpc) is 2.49. The van der Waals surface area contributed by atoms with Crippen molar-refractivity contribution in [2.45, 2.75) is 20.0 Å². The lowest BCUT2D eigenvalue weighted by Crippen LogP contribution is -2.09. The minimum absolute atomic E-state index is 0.369. The molecule has 5 heteroatoms. The van der Waals surface area contributed by atoms with Gasteiger partial charge < -0.3 is 14.8 Å². The van der Waals surface area contributed by atoms with Gasteiger partial charge in [0, 0.05) is 19.7 Å². The molecule has 0 radical (unpaired) electrons. The Bertz CT molecular complexity index is 522. The van der Waals surface area contributed by atoms with E-state index in [9.17, 15) is 0 Å². The molecule has 2 aromatic rings. The molecule has 1 aromatic heterocycles. The molecule has 0 spiro atoms. The Morgan fingerprint density at radius 2 is 1.95 bits per heavy atom. The van der Waals surface area contributed by atoms with Gasteiger partial charge in [0.1, 0.15) is 12.4 Å². The van der Waals surface area contributed by atoms with Gasteiger partial charge in [0.2, 0.25) is 5.88 Å². The molecule has 0 unspecified atom stereocenters. The Morgan fingerprint density at radius 3 is 2.67 bits per heavy atom. The molecular weight excluding hydrogens is 266 g/mol. The Labute approximate surface area is 125 Å². The highest BCUT2D eigenvalue weighted by Gasteiger charge is 2.05. The molecular formula is C16H21N3O2. The van der Waals surface area contributed by atoms with Crippen molar-refractivity contribution in [2.24, 2.45) is 0 Å². The van der Waals surface area contributed by atoms with Gasteiger partial charge in [-0.1, -0.05) is 30.3 Å². The van der Waals surface area contributed by atoms with Crippen molar-refractivity contribution >= 4 is 5.82 Å². The van der Waals surface area contributed by atoms with Crippen LogP contribution < -0.4 is 10.1 Å². The maximum absolute atomic E-state index is 5.45. The summed E-state index contributed by atoms with van der Waals surface area (Å²) in [5.74, 6) is 1.95. The number of benzene rings is 1. The van der Waals surface area contributed by atoms with Crippen molar-refractivity contribution in [2.75, 3.05) is 25.6 Å². The van der Waals surface area contributed by atoms with Crippen LogP contribution in [0.25, 0.3) is 0 Å². The fourth-order valence-corrected chi connectivity index (χ4v) is 1.96. The van der Waals surface area contributed by atoms with Crippen LogP contribution in [-0.4, -0.2) is 30.2 Å². The maximum atomic E-state index is 5.45. The van der Waals surface area contributed by atoms with Crippen LogP contribution >= 0.6 is 0 Å². The van der Waals surface area contributed by atoms with Gasteiger partial charge in [-0.15, -0.1) is 0 Å². The fraction of sp³-hybridized carbons (Fsp3) is 0.375. The molecule has 0 aliphatic rings. The van der Waals surface area contributed by atoms with Crippen molar-refractivity contribution in [3.8, 4) is 5.88 Å². The maximum Gasteiger partial charge on any atom is 0.218 e. The molecule has 0 atom stereocenters. The number of hydrogen-bond donors (Lipinski definition) is 1. The lowest BCUT2D eigenvalue weighted by atomic mass is 10.1. The van der Waals surface area contributed by atoms with Crippen molar-refractivity contribution in [1.29, 1.82) is 0 Å². The van der Waals surface area contributed by atoms with E-state index in [-0.39, 0.29) is 0 Å². The van der Waals surface area contributed by atoms with Crippen LogP contribution in [0.3, 0.4) is 0 Å². The van der Waals surface area contributed by atoms with E-state index in [2.05, 4.69) is 27.4 Å². The van der Waals surface area contributed by atoms with E-state index < -0.39 is 0 Å². The van der Waals surface area contributed by atoms with Gasteiger partial charge in [-0.3, -0.25) is 0 Å². The summed E-state index contributed by atoms with van der Waals surface area (Å²) in [7, 11) is 1.62. The second kappa shape index (κ2) is 8.21. The molecule has 0 bridgehead atoms. The number of aromatic nitrogens is 2. The summed E-state index contributed by atoms with van der Waals surface area (Å²) in [5, 5.41) is 3.30.